The van der Waals surface area contributed by atoms with Crippen molar-refractivity contribution in [2.45, 2.75) is 57.6 Å². The lowest BCUT2D eigenvalue weighted by molar-refractivity contribution is -0.141. The van der Waals surface area contributed by atoms with Gasteiger partial charge in [0.15, 0.2) is 0 Å². The molecule has 0 aliphatic carbocycles. The number of nitrogens with one attached hydrogen (secondary N) is 2. The van der Waals surface area contributed by atoms with Gasteiger partial charge < -0.3 is 15.7 Å². The van der Waals surface area contributed by atoms with Gasteiger partial charge in [-0.05, 0) is 27.2 Å². The summed E-state index contributed by atoms with van der Waals surface area (Å²) < 4.78 is 0. The van der Waals surface area contributed by atoms with Crippen molar-refractivity contribution in [3.8, 4) is 0 Å². The standard InChI is InChI=1S/C13H23N3O4S/c1-5-10-16(9(6-21-10)12(18)19)13(20)15-8(4)11(17)14-7(2)3/h7-10H,5-6H2,1-4H3,(H,14,17)(H,15,20)(H,18,19). The number of carbonyl (C=O) groups excluding carboxylic acids is 2. The van der Waals surface area contributed by atoms with Crippen molar-refractivity contribution in [3.63, 3.8) is 0 Å². The zero-order valence-corrected chi connectivity index (χ0v) is 13.6. The second-order valence-electron chi connectivity index (χ2n) is 5.29. The van der Waals surface area contributed by atoms with E-state index in [0.717, 1.165) is 0 Å². The van der Waals surface area contributed by atoms with Crippen LogP contribution in [0.25, 0.3) is 0 Å². The third-order valence-corrected chi connectivity index (χ3v) is 4.58. The second kappa shape index (κ2) is 7.53. The summed E-state index contributed by atoms with van der Waals surface area (Å²) in [6, 6.07) is -2.09. The number of nitrogens with zero attached hydrogens (tertiary/aromatic N) is 1. The van der Waals surface area contributed by atoms with Crippen LogP contribution in [-0.2, 0) is 9.59 Å². The van der Waals surface area contributed by atoms with Crippen LogP contribution in [-0.4, -0.2) is 57.2 Å². The Morgan fingerprint density at radius 3 is 2.38 bits per heavy atom. The summed E-state index contributed by atoms with van der Waals surface area (Å²) >= 11 is 1.45. The lowest BCUT2D eigenvalue weighted by Gasteiger charge is -2.28. The van der Waals surface area contributed by atoms with Crippen LogP contribution in [0, 0.1) is 0 Å². The largest absolute Gasteiger partial charge is 0.480 e. The molecule has 1 saturated heterocycles. The van der Waals surface area contributed by atoms with Crippen LogP contribution < -0.4 is 10.6 Å². The molecule has 1 rings (SSSR count). The molecule has 3 N–H and O–H groups in total. The molecule has 0 bridgehead atoms. The average Bonchev–Trinajstić information content (AvgIpc) is 2.81. The minimum atomic E-state index is -1.02. The number of carboxylic acids is 1. The van der Waals surface area contributed by atoms with Gasteiger partial charge >= 0.3 is 12.0 Å². The van der Waals surface area contributed by atoms with Gasteiger partial charge in [-0.3, -0.25) is 9.69 Å². The Morgan fingerprint density at radius 2 is 1.90 bits per heavy atom. The molecule has 0 aromatic rings. The molecule has 7 nitrogen and oxygen atoms in total. The van der Waals surface area contributed by atoms with Gasteiger partial charge in [-0.2, -0.15) is 0 Å². The fourth-order valence-electron chi connectivity index (χ4n) is 2.08. The molecule has 21 heavy (non-hydrogen) atoms. The maximum absolute atomic E-state index is 12.3. The van der Waals surface area contributed by atoms with E-state index in [2.05, 4.69) is 10.6 Å². The molecule has 120 valence electrons. The molecule has 0 saturated carbocycles. The van der Waals surface area contributed by atoms with Gasteiger partial charge in [0.25, 0.3) is 0 Å². The monoisotopic (exact) mass is 317 g/mol. The van der Waals surface area contributed by atoms with Crippen molar-refractivity contribution in [2.24, 2.45) is 0 Å². The Hall–Kier alpha value is -1.44. The first-order chi connectivity index (χ1) is 9.77. The van der Waals surface area contributed by atoms with Crippen molar-refractivity contribution >= 4 is 29.7 Å². The van der Waals surface area contributed by atoms with Gasteiger partial charge in [0.1, 0.15) is 12.1 Å². The summed E-state index contributed by atoms with van der Waals surface area (Å²) in [4.78, 5) is 36.6. The third-order valence-electron chi connectivity index (χ3n) is 3.13. The van der Waals surface area contributed by atoms with Crippen molar-refractivity contribution in [2.75, 3.05) is 5.75 Å². The van der Waals surface area contributed by atoms with Gasteiger partial charge in [0.05, 0.1) is 5.37 Å². The maximum atomic E-state index is 12.3. The highest BCUT2D eigenvalue weighted by Crippen LogP contribution is 2.31. The molecule has 0 aromatic carbocycles. The number of thioether (sulfide) groups is 1. The third kappa shape index (κ3) is 4.52. The predicted molar refractivity (Wildman–Crippen MR) is 81.1 cm³/mol. The van der Waals surface area contributed by atoms with Crippen LogP contribution in [0.2, 0.25) is 0 Å². The van der Waals surface area contributed by atoms with Crippen molar-refractivity contribution in [3.05, 3.63) is 0 Å². The SMILES string of the molecule is CCC1SCC(C(=O)O)N1C(=O)NC(C)C(=O)NC(C)C. The molecule has 1 aliphatic rings. The molecular weight excluding hydrogens is 294 g/mol. The van der Waals surface area contributed by atoms with E-state index in [1.54, 1.807) is 6.92 Å². The molecule has 1 aliphatic heterocycles. The number of carboxylic acid groups (broad SMARTS) is 1. The van der Waals surface area contributed by atoms with Crippen LogP contribution in [0.15, 0.2) is 0 Å². The lowest BCUT2D eigenvalue weighted by atomic mass is 10.2. The Bertz CT molecular complexity index is 416. The highest BCUT2D eigenvalue weighted by Gasteiger charge is 2.41. The second-order valence-corrected chi connectivity index (χ2v) is 6.50. The van der Waals surface area contributed by atoms with E-state index in [1.165, 1.54) is 16.7 Å². The smallest absolute Gasteiger partial charge is 0.327 e. The quantitative estimate of drug-likeness (QED) is 0.698. The zero-order chi connectivity index (χ0) is 16.2. The summed E-state index contributed by atoms with van der Waals surface area (Å²) in [5.74, 6) is -0.939. The number of rotatable bonds is 5. The molecule has 1 fully saturated rings. The normalized spacial score (nSPS) is 23.0. The number of hydrogen-bond acceptors (Lipinski definition) is 4. The number of carbonyl (C=O) groups is 3. The molecular formula is C13H23N3O4S. The van der Waals surface area contributed by atoms with Crippen LogP contribution in [0.5, 0.6) is 0 Å². The Kier molecular flexibility index (Phi) is 6.32. The summed E-state index contributed by atoms with van der Waals surface area (Å²) in [5.41, 5.74) is 0. The average molecular weight is 317 g/mol. The number of urea groups is 1. The number of aliphatic carboxylic acids is 1. The first-order valence-corrected chi connectivity index (χ1v) is 8.06. The summed E-state index contributed by atoms with van der Waals surface area (Å²) in [6.45, 7) is 7.14. The van der Waals surface area contributed by atoms with Crippen LogP contribution in [0.1, 0.15) is 34.1 Å². The fraction of sp³-hybridized carbons (Fsp3) is 0.769. The lowest BCUT2D eigenvalue weighted by Crippen LogP contribution is -2.55. The first-order valence-electron chi connectivity index (χ1n) is 7.01. The minimum Gasteiger partial charge on any atom is -0.480 e. The van der Waals surface area contributed by atoms with E-state index in [-0.39, 0.29) is 17.3 Å². The minimum absolute atomic E-state index is 0.0191. The van der Waals surface area contributed by atoms with Gasteiger partial charge in [0, 0.05) is 11.8 Å². The highest BCUT2D eigenvalue weighted by atomic mass is 32.2. The van der Waals surface area contributed by atoms with Gasteiger partial charge in [0.2, 0.25) is 5.91 Å². The first kappa shape index (κ1) is 17.6. The Morgan fingerprint density at radius 1 is 1.29 bits per heavy atom. The van der Waals surface area contributed by atoms with Crippen LogP contribution in [0.3, 0.4) is 0 Å². The van der Waals surface area contributed by atoms with Crippen LogP contribution >= 0.6 is 11.8 Å². The van der Waals surface area contributed by atoms with Gasteiger partial charge in [-0.25, -0.2) is 9.59 Å². The summed E-state index contributed by atoms with van der Waals surface area (Å²) in [7, 11) is 0. The van der Waals surface area contributed by atoms with Crippen LogP contribution in [0.4, 0.5) is 4.79 Å². The molecule has 0 aromatic heterocycles. The zero-order valence-electron chi connectivity index (χ0n) is 12.8. The maximum Gasteiger partial charge on any atom is 0.327 e. The van der Waals surface area contributed by atoms with Crippen molar-refractivity contribution in [1.29, 1.82) is 0 Å². The fourth-order valence-corrected chi connectivity index (χ4v) is 3.42. The molecule has 3 unspecified atom stereocenters. The summed E-state index contributed by atoms with van der Waals surface area (Å²) in [6.07, 6.45) is 0.661. The molecule has 8 heteroatoms. The molecule has 0 radical (unpaired) electrons. The van der Waals surface area contributed by atoms with Crippen molar-refractivity contribution < 1.29 is 19.5 Å². The predicted octanol–water partition coefficient (Wildman–Crippen LogP) is 0.847. The Labute approximate surface area is 128 Å². The Balaban J connectivity index is 2.71. The molecule has 3 amide bonds. The molecule has 0 spiro atoms. The summed E-state index contributed by atoms with van der Waals surface area (Å²) in [5, 5.41) is 14.3. The van der Waals surface area contributed by atoms with E-state index in [1.807, 2.05) is 20.8 Å². The number of amides is 3. The van der Waals surface area contributed by atoms with E-state index in [4.69, 9.17) is 0 Å². The molecule has 1 heterocycles. The molecule has 3 atom stereocenters. The van der Waals surface area contributed by atoms with Crippen molar-refractivity contribution in [1.82, 2.24) is 15.5 Å². The van der Waals surface area contributed by atoms with E-state index < -0.39 is 24.1 Å². The van der Waals surface area contributed by atoms with E-state index >= 15 is 0 Å². The van der Waals surface area contributed by atoms with Gasteiger partial charge in [-0.1, -0.05) is 6.92 Å². The topological polar surface area (TPSA) is 98.7 Å². The van der Waals surface area contributed by atoms with E-state index in [0.29, 0.717) is 12.2 Å². The number of hydrogen-bond donors (Lipinski definition) is 3. The van der Waals surface area contributed by atoms with E-state index in [9.17, 15) is 19.5 Å². The highest BCUT2D eigenvalue weighted by molar-refractivity contribution is 8.00. The van der Waals surface area contributed by atoms with Gasteiger partial charge in [-0.15, -0.1) is 11.8 Å².